The number of aromatic carboxylic acids is 1. The number of likely N-dealkylation sites (N-methyl/N-ethyl adjacent to an activating group) is 1. The zero-order valence-corrected chi connectivity index (χ0v) is 9.73. The number of carbonyl (C=O) groups excluding carboxylic acids is 1. The molecule has 2 N–H and O–H groups in total. The van der Waals surface area contributed by atoms with E-state index in [1.54, 1.807) is 30.1 Å². The molecule has 1 aromatic rings. The van der Waals surface area contributed by atoms with Crippen LogP contribution in [0.3, 0.4) is 0 Å². The van der Waals surface area contributed by atoms with E-state index in [0.717, 1.165) is 5.56 Å². The van der Waals surface area contributed by atoms with Gasteiger partial charge in [0.1, 0.15) is 0 Å². The van der Waals surface area contributed by atoms with Gasteiger partial charge in [-0.1, -0.05) is 12.1 Å². The van der Waals surface area contributed by atoms with Gasteiger partial charge in [-0.15, -0.1) is 0 Å². The number of amides is 2. The summed E-state index contributed by atoms with van der Waals surface area (Å²) in [5, 5.41) is 11.7. The van der Waals surface area contributed by atoms with E-state index in [9.17, 15) is 9.59 Å². The number of hydrogen-bond acceptors (Lipinski definition) is 2. The van der Waals surface area contributed by atoms with Gasteiger partial charge in [0.15, 0.2) is 0 Å². The van der Waals surface area contributed by atoms with E-state index in [0.29, 0.717) is 6.54 Å². The summed E-state index contributed by atoms with van der Waals surface area (Å²) in [5.41, 5.74) is 0.553. The van der Waals surface area contributed by atoms with Crippen molar-refractivity contribution in [1.29, 1.82) is 0 Å². The third-order valence-electron chi connectivity index (χ3n) is 3.36. The van der Waals surface area contributed by atoms with Crippen LogP contribution in [-0.2, 0) is 5.54 Å². The van der Waals surface area contributed by atoms with E-state index in [-0.39, 0.29) is 11.6 Å². The minimum absolute atomic E-state index is 0.145. The Bertz CT molecular complexity index is 486. The van der Waals surface area contributed by atoms with Crippen LogP contribution in [0.2, 0.25) is 0 Å². The summed E-state index contributed by atoms with van der Waals surface area (Å²) in [4.78, 5) is 24.0. The second kappa shape index (κ2) is 3.76. The highest BCUT2D eigenvalue weighted by Gasteiger charge is 2.40. The number of carboxylic acid groups (broad SMARTS) is 1. The average molecular weight is 234 g/mol. The maximum Gasteiger partial charge on any atom is 0.335 e. The van der Waals surface area contributed by atoms with Gasteiger partial charge in [0.2, 0.25) is 0 Å². The third kappa shape index (κ3) is 1.73. The maximum absolute atomic E-state index is 11.5. The average Bonchev–Trinajstić information content (AvgIpc) is 2.59. The summed E-state index contributed by atoms with van der Waals surface area (Å²) in [6.45, 7) is 2.39. The van der Waals surface area contributed by atoms with E-state index in [1.807, 2.05) is 13.0 Å². The molecule has 2 rings (SSSR count). The van der Waals surface area contributed by atoms with Gasteiger partial charge in [0, 0.05) is 13.6 Å². The smallest absolute Gasteiger partial charge is 0.335 e. The summed E-state index contributed by atoms with van der Waals surface area (Å²) in [6, 6.07) is 6.54. The number of carbonyl (C=O) groups is 2. The Morgan fingerprint density at radius 3 is 2.76 bits per heavy atom. The highest BCUT2D eigenvalue weighted by Crippen LogP contribution is 2.30. The highest BCUT2D eigenvalue weighted by atomic mass is 16.4. The number of carboxylic acids is 1. The largest absolute Gasteiger partial charge is 0.478 e. The van der Waals surface area contributed by atoms with Crippen LogP contribution in [0.4, 0.5) is 4.79 Å². The van der Waals surface area contributed by atoms with Gasteiger partial charge >= 0.3 is 12.0 Å². The van der Waals surface area contributed by atoms with E-state index < -0.39 is 11.5 Å². The maximum atomic E-state index is 11.5. The number of nitrogens with zero attached hydrogens (tertiary/aromatic N) is 1. The van der Waals surface area contributed by atoms with Crippen molar-refractivity contribution in [3.63, 3.8) is 0 Å². The molecule has 1 fully saturated rings. The molecule has 5 heteroatoms. The van der Waals surface area contributed by atoms with Crippen molar-refractivity contribution < 1.29 is 14.7 Å². The number of hydrogen-bond donors (Lipinski definition) is 2. The predicted molar refractivity (Wildman–Crippen MR) is 61.9 cm³/mol. The van der Waals surface area contributed by atoms with Gasteiger partial charge in [-0.2, -0.15) is 0 Å². The first-order chi connectivity index (χ1) is 7.95. The first-order valence-corrected chi connectivity index (χ1v) is 5.30. The summed E-state index contributed by atoms with van der Waals surface area (Å²) in [7, 11) is 1.70. The fourth-order valence-electron chi connectivity index (χ4n) is 1.99. The first-order valence-electron chi connectivity index (χ1n) is 5.30. The number of benzene rings is 1. The van der Waals surface area contributed by atoms with Crippen molar-refractivity contribution >= 4 is 12.0 Å². The summed E-state index contributed by atoms with van der Waals surface area (Å²) in [6.07, 6.45) is 0. The van der Waals surface area contributed by atoms with Crippen LogP contribution in [0.15, 0.2) is 24.3 Å². The molecule has 1 saturated heterocycles. The second-order valence-electron chi connectivity index (χ2n) is 4.38. The summed E-state index contributed by atoms with van der Waals surface area (Å²) >= 11 is 0. The van der Waals surface area contributed by atoms with Crippen LogP contribution in [-0.4, -0.2) is 35.6 Å². The zero-order chi connectivity index (χ0) is 12.6. The van der Waals surface area contributed by atoms with E-state index in [2.05, 4.69) is 5.32 Å². The van der Waals surface area contributed by atoms with Crippen molar-refractivity contribution in [1.82, 2.24) is 10.2 Å². The Kier molecular flexibility index (Phi) is 2.53. The first kappa shape index (κ1) is 11.4. The lowest BCUT2D eigenvalue weighted by Gasteiger charge is -2.31. The molecule has 17 heavy (non-hydrogen) atoms. The number of urea groups is 1. The molecule has 0 aliphatic carbocycles. The Balaban J connectivity index is 2.43. The van der Waals surface area contributed by atoms with Gasteiger partial charge < -0.3 is 15.3 Å². The van der Waals surface area contributed by atoms with Crippen LogP contribution in [0.5, 0.6) is 0 Å². The number of rotatable bonds is 2. The Morgan fingerprint density at radius 2 is 2.24 bits per heavy atom. The Labute approximate surface area is 99.0 Å². The van der Waals surface area contributed by atoms with Gasteiger partial charge in [-0.25, -0.2) is 9.59 Å². The van der Waals surface area contributed by atoms with Crippen molar-refractivity contribution in [3.05, 3.63) is 35.4 Å². The van der Waals surface area contributed by atoms with Crippen molar-refractivity contribution in [2.24, 2.45) is 0 Å². The highest BCUT2D eigenvalue weighted by molar-refractivity contribution is 5.88. The molecular formula is C12H14N2O3. The summed E-state index contributed by atoms with van der Waals surface area (Å²) in [5.74, 6) is -0.963. The molecule has 0 spiro atoms. The molecule has 1 aromatic carbocycles. The van der Waals surface area contributed by atoms with Crippen LogP contribution in [0.25, 0.3) is 0 Å². The lowest BCUT2D eigenvalue weighted by molar-refractivity contribution is 0.0696. The lowest BCUT2D eigenvalue weighted by atomic mass is 9.90. The van der Waals surface area contributed by atoms with Gasteiger partial charge in [0.25, 0.3) is 0 Å². The van der Waals surface area contributed by atoms with Crippen LogP contribution in [0, 0.1) is 0 Å². The Morgan fingerprint density at radius 1 is 1.53 bits per heavy atom. The summed E-state index contributed by atoms with van der Waals surface area (Å²) < 4.78 is 0. The van der Waals surface area contributed by atoms with Crippen LogP contribution < -0.4 is 5.32 Å². The molecule has 1 aliphatic rings. The zero-order valence-electron chi connectivity index (χ0n) is 9.73. The molecule has 1 unspecified atom stereocenters. The number of nitrogens with one attached hydrogen (secondary N) is 1. The molecule has 5 nitrogen and oxygen atoms in total. The molecule has 1 atom stereocenters. The van der Waals surface area contributed by atoms with Gasteiger partial charge in [-0.05, 0) is 24.6 Å². The van der Waals surface area contributed by atoms with Gasteiger partial charge in [0.05, 0.1) is 11.1 Å². The SMILES string of the molecule is CN1C(=O)NCC1(C)c1cccc(C(=O)O)c1. The topological polar surface area (TPSA) is 69.6 Å². The van der Waals surface area contributed by atoms with Crippen LogP contribution in [0.1, 0.15) is 22.8 Å². The van der Waals surface area contributed by atoms with E-state index in [4.69, 9.17) is 5.11 Å². The normalized spacial score (nSPS) is 23.6. The molecule has 1 aliphatic heterocycles. The molecule has 0 bridgehead atoms. The molecule has 0 saturated carbocycles. The molecular weight excluding hydrogens is 220 g/mol. The third-order valence-corrected chi connectivity index (χ3v) is 3.36. The quantitative estimate of drug-likeness (QED) is 0.809. The molecule has 0 radical (unpaired) electrons. The predicted octanol–water partition coefficient (Wildman–Crippen LogP) is 1.26. The lowest BCUT2D eigenvalue weighted by Crippen LogP contribution is -2.39. The molecule has 1 heterocycles. The standard InChI is InChI=1S/C12H14N2O3/c1-12(7-13-11(17)14(12)2)9-5-3-4-8(6-9)10(15)16/h3-6H,7H2,1-2H3,(H,13,17)(H,15,16). The van der Waals surface area contributed by atoms with Crippen molar-refractivity contribution in [2.75, 3.05) is 13.6 Å². The molecule has 90 valence electrons. The van der Waals surface area contributed by atoms with Crippen LogP contribution >= 0.6 is 0 Å². The fourth-order valence-corrected chi connectivity index (χ4v) is 1.99. The monoisotopic (exact) mass is 234 g/mol. The van der Waals surface area contributed by atoms with E-state index >= 15 is 0 Å². The van der Waals surface area contributed by atoms with Crippen molar-refractivity contribution in [3.8, 4) is 0 Å². The minimum Gasteiger partial charge on any atom is -0.478 e. The molecule has 0 aromatic heterocycles. The fraction of sp³-hybridized carbons (Fsp3) is 0.333. The van der Waals surface area contributed by atoms with Crippen molar-refractivity contribution in [2.45, 2.75) is 12.5 Å². The van der Waals surface area contributed by atoms with E-state index in [1.165, 1.54) is 0 Å². The second-order valence-corrected chi connectivity index (χ2v) is 4.38. The minimum atomic E-state index is -0.963. The molecule has 2 amide bonds. The Hall–Kier alpha value is -2.04. The van der Waals surface area contributed by atoms with Gasteiger partial charge in [-0.3, -0.25) is 0 Å².